The quantitative estimate of drug-likeness (QED) is 0.848. The standard InChI is InChI=1S/C14H12Cl2FN3O/c15-14(16)7-10(14)13(21)20-11(12-18-5-6-19-12)8-1-3-9(17)4-2-8/h1-6,10-11H,7H2,(H,18,19)(H,20,21). The molecule has 0 spiro atoms. The van der Waals surface area contributed by atoms with E-state index in [0.717, 1.165) is 5.56 Å². The number of nitrogens with zero attached hydrogens (tertiary/aromatic N) is 1. The number of carbonyl (C=O) groups is 1. The molecule has 0 bridgehead atoms. The van der Waals surface area contributed by atoms with E-state index in [1.54, 1.807) is 24.5 Å². The van der Waals surface area contributed by atoms with E-state index in [9.17, 15) is 9.18 Å². The highest BCUT2D eigenvalue weighted by Gasteiger charge is 2.56. The third kappa shape index (κ3) is 3.04. The first-order chi connectivity index (χ1) is 9.97. The molecule has 2 N–H and O–H groups in total. The molecule has 3 rings (SSSR count). The van der Waals surface area contributed by atoms with E-state index < -0.39 is 16.3 Å². The van der Waals surface area contributed by atoms with Crippen LogP contribution in [0.1, 0.15) is 23.9 Å². The van der Waals surface area contributed by atoms with Gasteiger partial charge in [0.1, 0.15) is 22.0 Å². The third-order valence-corrected chi connectivity index (χ3v) is 4.26. The molecule has 2 unspecified atom stereocenters. The van der Waals surface area contributed by atoms with Gasteiger partial charge in [0.05, 0.1) is 5.92 Å². The summed E-state index contributed by atoms with van der Waals surface area (Å²) in [5.74, 6) is -0.458. The second-order valence-electron chi connectivity index (χ2n) is 4.99. The Morgan fingerprint density at radius 1 is 1.43 bits per heavy atom. The van der Waals surface area contributed by atoms with Crippen LogP contribution in [-0.4, -0.2) is 20.2 Å². The van der Waals surface area contributed by atoms with E-state index in [0.29, 0.717) is 12.2 Å². The molecule has 1 aliphatic carbocycles. The SMILES string of the molecule is O=C(NC(c1ccc(F)cc1)c1ncc[nH]1)C1CC1(Cl)Cl. The molecular formula is C14H12Cl2FN3O. The van der Waals surface area contributed by atoms with E-state index in [1.165, 1.54) is 12.1 Å². The van der Waals surface area contributed by atoms with Crippen molar-refractivity contribution in [1.29, 1.82) is 0 Å². The topological polar surface area (TPSA) is 57.8 Å². The van der Waals surface area contributed by atoms with Crippen LogP contribution in [0.5, 0.6) is 0 Å². The van der Waals surface area contributed by atoms with Crippen molar-refractivity contribution in [3.8, 4) is 0 Å². The number of halogens is 3. The summed E-state index contributed by atoms with van der Waals surface area (Å²) in [6, 6.07) is 5.37. The van der Waals surface area contributed by atoms with E-state index in [1.807, 2.05) is 0 Å². The molecule has 0 aliphatic heterocycles. The molecule has 1 aliphatic rings. The molecule has 1 fully saturated rings. The van der Waals surface area contributed by atoms with Crippen LogP contribution in [0.15, 0.2) is 36.7 Å². The average Bonchev–Trinajstić information content (AvgIpc) is 2.88. The first-order valence-electron chi connectivity index (χ1n) is 6.40. The summed E-state index contributed by atoms with van der Waals surface area (Å²) in [5.41, 5.74) is 0.718. The first-order valence-corrected chi connectivity index (χ1v) is 7.16. The maximum atomic E-state index is 13.0. The molecule has 1 aromatic heterocycles. The average molecular weight is 328 g/mol. The van der Waals surface area contributed by atoms with Crippen LogP contribution in [0.2, 0.25) is 0 Å². The summed E-state index contributed by atoms with van der Waals surface area (Å²) < 4.78 is 12.1. The lowest BCUT2D eigenvalue weighted by Gasteiger charge is -2.17. The number of nitrogens with one attached hydrogen (secondary N) is 2. The van der Waals surface area contributed by atoms with Gasteiger partial charge in [0, 0.05) is 12.4 Å². The molecule has 0 radical (unpaired) electrons. The Kier molecular flexibility index (Phi) is 3.63. The Morgan fingerprint density at radius 3 is 2.62 bits per heavy atom. The zero-order valence-electron chi connectivity index (χ0n) is 10.8. The molecule has 0 saturated heterocycles. The predicted molar refractivity (Wildman–Crippen MR) is 77.5 cm³/mol. The van der Waals surface area contributed by atoms with Gasteiger partial charge >= 0.3 is 0 Å². The van der Waals surface area contributed by atoms with E-state index in [2.05, 4.69) is 15.3 Å². The van der Waals surface area contributed by atoms with Crippen molar-refractivity contribution in [2.75, 3.05) is 0 Å². The minimum absolute atomic E-state index is 0.245. The Hall–Kier alpha value is -1.59. The number of aromatic amines is 1. The molecule has 2 aromatic rings. The Morgan fingerprint density at radius 2 is 2.10 bits per heavy atom. The lowest BCUT2D eigenvalue weighted by Crippen LogP contribution is -2.32. The van der Waals surface area contributed by atoms with Crippen LogP contribution in [0, 0.1) is 11.7 Å². The molecule has 1 heterocycles. The summed E-state index contributed by atoms with van der Waals surface area (Å²) in [7, 11) is 0. The van der Waals surface area contributed by atoms with Crippen LogP contribution in [0.4, 0.5) is 4.39 Å². The first kappa shape index (κ1) is 14.4. The van der Waals surface area contributed by atoms with Gasteiger partial charge < -0.3 is 10.3 Å². The fourth-order valence-corrected chi connectivity index (χ4v) is 2.65. The normalized spacial score (nSPS) is 20.8. The smallest absolute Gasteiger partial charge is 0.227 e. The number of alkyl halides is 2. The van der Waals surface area contributed by atoms with Crippen LogP contribution in [0.25, 0.3) is 0 Å². The van der Waals surface area contributed by atoms with Crippen molar-refractivity contribution >= 4 is 29.1 Å². The molecule has 1 saturated carbocycles. The minimum atomic E-state index is -0.986. The molecule has 7 heteroatoms. The summed E-state index contributed by atoms with van der Waals surface area (Å²) in [4.78, 5) is 19.3. The number of hydrogen-bond acceptors (Lipinski definition) is 2. The molecule has 21 heavy (non-hydrogen) atoms. The lowest BCUT2D eigenvalue weighted by molar-refractivity contribution is -0.122. The summed E-state index contributed by atoms with van der Waals surface area (Å²) in [5, 5.41) is 2.85. The van der Waals surface area contributed by atoms with Gasteiger partial charge in [0.15, 0.2) is 0 Å². The number of amides is 1. The number of aromatic nitrogens is 2. The highest BCUT2D eigenvalue weighted by Crippen LogP contribution is 2.53. The van der Waals surface area contributed by atoms with E-state index >= 15 is 0 Å². The van der Waals surface area contributed by atoms with Crippen molar-refractivity contribution in [3.05, 3.63) is 53.9 Å². The highest BCUT2D eigenvalue weighted by molar-refractivity contribution is 6.52. The highest BCUT2D eigenvalue weighted by atomic mass is 35.5. The van der Waals surface area contributed by atoms with E-state index in [4.69, 9.17) is 23.2 Å². The van der Waals surface area contributed by atoms with Crippen molar-refractivity contribution in [2.24, 2.45) is 5.92 Å². The van der Waals surface area contributed by atoms with Crippen LogP contribution >= 0.6 is 23.2 Å². The Labute approximate surface area is 130 Å². The number of imidazole rings is 1. The van der Waals surface area contributed by atoms with Gasteiger partial charge in [0.25, 0.3) is 0 Å². The zero-order chi connectivity index (χ0) is 15.0. The van der Waals surface area contributed by atoms with Crippen LogP contribution in [-0.2, 0) is 4.79 Å². The molecule has 110 valence electrons. The van der Waals surface area contributed by atoms with Gasteiger partial charge in [-0.05, 0) is 24.1 Å². The van der Waals surface area contributed by atoms with Crippen molar-refractivity contribution in [3.63, 3.8) is 0 Å². The fourth-order valence-electron chi connectivity index (χ4n) is 2.14. The molecule has 1 amide bonds. The monoisotopic (exact) mass is 327 g/mol. The zero-order valence-corrected chi connectivity index (χ0v) is 12.3. The van der Waals surface area contributed by atoms with Gasteiger partial charge in [-0.15, -0.1) is 23.2 Å². The summed E-state index contributed by atoms with van der Waals surface area (Å²) in [6.07, 6.45) is 3.67. The second kappa shape index (κ2) is 5.31. The van der Waals surface area contributed by atoms with Crippen molar-refractivity contribution < 1.29 is 9.18 Å². The number of rotatable bonds is 4. The van der Waals surface area contributed by atoms with Crippen molar-refractivity contribution in [2.45, 2.75) is 16.8 Å². The number of benzene rings is 1. The maximum absolute atomic E-state index is 13.0. The molecule has 1 aromatic carbocycles. The fraction of sp³-hybridized carbons (Fsp3) is 0.286. The number of hydrogen-bond donors (Lipinski definition) is 2. The molecule has 2 atom stereocenters. The second-order valence-corrected chi connectivity index (χ2v) is 6.53. The predicted octanol–water partition coefficient (Wildman–Crippen LogP) is 2.95. The van der Waals surface area contributed by atoms with Crippen LogP contribution in [0.3, 0.4) is 0 Å². The third-order valence-electron chi connectivity index (χ3n) is 3.43. The Balaban J connectivity index is 1.83. The molecule has 4 nitrogen and oxygen atoms in total. The summed E-state index contributed by atoms with van der Waals surface area (Å²) in [6.45, 7) is 0. The number of H-pyrrole nitrogens is 1. The van der Waals surface area contributed by atoms with Gasteiger partial charge in [-0.2, -0.15) is 0 Å². The van der Waals surface area contributed by atoms with Crippen LogP contribution < -0.4 is 5.32 Å². The maximum Gasteiger partial charge on any atom is 0.227 e. The van der Waals surface area contributed by atoms with Gasteiger partial charge in [0.2, 0.25) is 5.91 Å². The van der Waals surface area contributed by atoms with Crippen molar-refractivity contribution in [1.82, 2.24) is 15.3 Å². The van der Waals surface area contributed by atoms with E-state index in [-0.39, 0.29) is 11.7 Å². The molecular weight excluding hydrogens is 316 g/mol. The lowest BCUT2D eigenvalue weighted by atomic mass is 10.1. The van der Waals surface area contributed by atoms with Gasteiger partial charge in [-0.3, -0.25) is 4.79 Å². The minimum Gasteiger partial charge on any atom is -0.347 e. The van der Waals surface area contributed by atoms with Gasteiger partial charge in [-0.1, -0.05) is 12.1 Å². The summed E-state index contributed by atoms with van der Waals surface area (Å²) >= 11 is 11.8. The Bertz CT molecular complexity index is 643. The van der Waals surface area contributed by atoms with Gasteiger partial charge in [-0.25, -0.2) is 9.37 Å². The largest absolute Gasteiger partial charge is 0.347 e. The number of carbonyl (C=O) groups excluding carboxylic acids is 1.